The van der Waals surface area contributed by atoms with Crippen LogP contribution in [0.1, 0.15) is 0 Å². The van der Waals surface area contributed by atoms with Crippen molar-refractivity contribution in [2.45, 2.75) is 0 Å². The van der Waals surface area contributed by atoms with Crippen LogP contribution < -0.4 is 14.2 Å². The molecule has 0 saturated heterocycles. The zero-order chi connectivity index (χ0) is 17.1. The molecule has 3 aromatic rings. The molecule has 124 valence electrons. The fraction of sp³-hybridized carbons (Fsp3) is 0.176. The molecule has 1 heterocycles. The Balaban J connectivity index is 2.14. The van der Waals surface area contributed by atoms with E-state index < -0.39 is 0 Å². The molecule has 0 saturated carbocycles. The number of benzene rings is 2. The van der Waals surface area contributed by atoms with Gasteiger partial charge < -0.3 is 14.2 Å². The standard InChI is InChI=1S/C17H16BrN3O3/c1-22-15-8-13(9-16(23-2)17(15)24-3)21-14(10-19-20-21)11-4-6-12(18)7-5-11/h4-10H,1-3H3. The summed E-state index contributed by atoms with van der Waals surface area (Å²) in [5.41, 5.74) is 2.62. The second-order valence-electron chi connectivity index (χ2n) is 4.92. The van der Waals surface area contributed by atoms with E-state index in [1.807, 2.05) is 36.4 Å². The largest absolute Gasteiger partial charge is 0.493 e. The number of halogens is 1. The minimum absolute atomic E-state index is 0.536. The minimum Gasteiger partial charge on any atom is -0.493 e. The summed E-state index contributed by atoms with van der Waals surface area (Å²) < 4.78 is 18.9. The van der Waals surface area contributed by atoms with Gasteiger partial charge >= 0.3 is 0 Å². The molecule has 0 bridgehead atoms. The maximum Gasteiger partial charge on any atom is 0.203 e. The maximum absolute atomic E-state index is 5.41. The first kappa shape index (κ1) is 16.3. The Labute approximate surface area is 148 Å². The summed E-state index contributed by atoms with van der Waals surface area (Å²) in [7, 11) is 4.73. The first-order valence-corrected chi connectivity index (χ1v) is 7.94. The summed E-state index contributed by atoms with van der Waals surface area (Å²) in [6.45, 7) is 0. The van der Waals surface area contributed by atoms with Crippen LogP contribution >= 0.6 is 15.9 Å². The summed E-state index contributed by atoms with van der Waals surface area (Å²) in [6.07, 6.45) is 1.71. The van der Waals surface area contributed by atoms with Gasteiger partial charge in [-0.25, -0.2) is 4.68 Å². The van der Waals surface area contributed by atoms with Gasteiger partial charge in [-0.3, -0.25) is 0 Å². The van der Waals surface area contributed by atoms with E-state index in [4.69, 9.17) is 14.2 Å². The first-order valence-electron chi connectivity index (χ1n) is 7.15. The van der Waals surface area contributed by atoms with Crippen molar-refractivity contribution in [1.82, 2.24) is 15.0 Å². The van der Waals surface area contributed by atoms with Crippen LogP contribution in [0.2, 0.25) is 0 Å². The monoisotopic (exact) mass is 389 g/mol. The molecule has 24 heavy (non-hydrogen) atoms. The van der Waals surface area contributed by atoms with Gasteiger partial charge in [0.2, 0.25) is 5.75 Å². The second kappa shape index (κ2) is 6.92. The van der Waals surface area contributed by atoms with Gasteiger partial charge in [0, 0.05) is 22.2 Å². The van der Waals surface area contributed by atoms with Crippen LogP contribution in [0.4, 0.5) is 0 Å². The van der Waals surface area contributed by atoms with Crippen LogP contribution in [0.25, 0.3) is 16.9 Å². The van der Waals surface area contributed by atoms with Crippen molar-refractivity contribution in [2.75, 3.05) is 21.3 Å². The highest BCUT2D eigenvalue weighted by Gasteiger charge is 2.17. The Kier molecular flexibility index (Phi) is 4.71. The third-order valence-corrected chi connectivity index (χ3v) is 4.11. The first-order chi connectivity index (χ1) is 11.7. The lowest BCUT2D eigenvalue weighted by molar-refractivity contribution is 0.324. The van der Waals surface area contributed by atoms with Crippen molar-refractivity contribution in [2.24, 2.45) is 0 Å². The zero-order valence-corrected chi connectivity index (χ0v) is 15.1. The van der Waals surface area contributed by atoms with Crippen molar-refractivity contribution in [3.05, 3.63) is 47.1 Å². The summed E-state index contributed by atoms with van der Waals surface area (Å²) in [5, 5.41) is 8.23. The zero-order valence-electron chi connectivity index (χ0n) is 13.5. The fourth-order valence-electron chi connectivity index (χ4n) is 2.43. The maximum atomic E-state index is 5.41. The van der Waals surface area contributed by atoms with Crippen molar-refractivity contribution in [1.29, 1.82) is 0 Å². The van der Waals surface area contributed by atoms with Crippen LogP contribution in [-0.2, 0) is 0 Å². The Morgan fingerprint density at radius 3 is 2.08 bits per heavy atom. The molecule has 0 fully saturated rings. The lowest BCUT2D eigenvalue weighted by Gasteiger charge is -2.15. The molecule has 0 radical (unpaired) electrons. The normalized spacial score (nSPS) is 10.5. The van der Waals surface area contributed by atoms with E-state index in [2.05, 4.69) is 26.2 Å². The summed E-state index contributed by atoms with van der Waals surface area (Å²) in [6, 6.07) is 11.6. The molecule has 3 rings (SSSR count). The van der Waals surface area contributed by atoms with Crippen LogP contribution in [0.3, 0.4) is 0 Å². The number of hydrogen-bond acceptors (Lipinski definition) is 5. The van der Waals surface area contributed by atoms with E-state index >= 15 is 0 Å². The predicted molar refractivity (Wildman–Crippen MR) is 94.2 cm³/mol. The molecule has 0 N–H and O–H groups in total. The van der Waals surface area contributed by atoms with Crippen molar-refractivity contribution in [3.8, 4) is 34.2 Å². The molecule has 7 heteroatoms. The fourth-order valence-corrected chi connectivity index (χ4v) is 2.70. The third kappa shape index (κ3) is 2.94. The van der Waals surface area contributed by atoms with Gasteiger partial charge in [-0.05, 0) is 12.1 Å². The van der Waals surface area contributed by atoms with Crippen LogP contribution in [-0.4, -0.2) is 36.3 Å². The molecule has 0 unspecified atom stereocenters. The molecule has 0 atom stereocenters. The van der Waals surface area contributed by atoms with Gasteiger partial charge in [-0.2, -0.15) is 0 Å². The van der Waals surface area contributed by atoms with E-state index in [1.54, 1.807) is 32.2 Å². The summed E-state index contributed by atoms with van der Waals surface area (Å²) in [4.78, 5) is 0. The lowest BCUT2D eigenvalue weighted by atomic mass is 10.1. The Morgan fingerprint density at radius 1 is 0.917 bits per heavy atom. The molecule has 1 aromatic heterocycles. The molecule has 6 nitrogen and oxygen atoms in total. The van der Waals surface area contributed by atoms with E-state index in [0.29, 0.717) is 17.2 Å². The number of ether oxygens (including phenoxy) is 3. The minimum atomic E-state index is 0.536. The molecule has 0 aliphatic heterocycles. The Morgan fingerprint density at radius 2 is 1.54 bits per heavy atom. The average molecular weight is 390 g/mol. The molecular formula is C17H16BrN3O3. The number of hydrogen-bond donors (Lipinski definition) is 0. The van der Waals surface area contributed by atoms with E-state index in [9.17, 15) is 0 Å². The summed E-state index contributed by atoms with van der Waals surface area (Å²) >= 11 is 3.44. The van der Waals surface area contributed by atoms with Crippen LogP contribution in [0.15, 0.2) is 47.1 Å². The van der Waals surface area contributed by atoms with Gasteiger partial charge in [0.25, 0.3) is 0 Å². The lowest BCUT2D eigenvalue weighted by Crippen LogP contribution is -2.02. The number of aromatic nitrogens is 3. The third-order valence-electron chi connectivity index (χ3n) is 3.58. The average Bonchev–Trinajstić information content (AvgIpc) is 3.10. The smallest absolute Gasteiger partial charge is 0.203 e. The van der Waals surface area contributed by atoms with Crippen molar-refractivity contribution < 1.29 is 14.2 Å². The van der Waals surface area contributed by atoms with Gasteiger partial charge in [0.15, 0.2) is 11.5 Å². The quantitative estimate of drug-likeness (QED) is 0.665. The molecular weight excluding hydrogens is 374 g/mol. The van der Waals surface area contributed by atoms with Gasteiger partial charge in [0.1, 0.15) is 0 Å². The highest BCUT2D eigenvalue weighted by molar-refractivity contribution is 9.10. The topological polar surface area (TPSA) is 58.4 Å². The number of nitrogens with zero attached hydrogens (tertiary/aromatic N) is 3. The second-order valence-corrected chi connectivity index (χ2v) is 5.84. The molecule has 0 amide bonds. The molecule has 0 aliphatic carbocycles. The van der Waals surface area contributed by atoms with Crippen molar-refractivity contribution in [3.63, 3.8) is 0 Å². The van der Waals surface area contributed by atoms with Gasteiger partial charge in [-0.1, -0.05) is 33.3 Å². The van der Waals surface area contributed by atoms with E-state index in [1.165, 1.54) is 0 Å². The molecule has 0 aliphatic rings. The Bertz CT molecular complexity index is 822. The summed E-state index contributed by atoms with van der Waals surface area (Å²) in [5.74, 6) is 1.65. The van der Waals surface area contributed by atoms with Crippen LogP contribution in [0.5, 0.6) is 17.2 Å². The SMILES string of the molecule is COc1cc(-n2nncc2-c2ccc(Br)cc2)cc(OC)c1OC. The molecule has 2 aromatic carbocycles. The van der Waals surface area contributed by atoms with E-state index in [-0.39, 0.29) is 0 Å². The Hall–Kier alpha value is -2.54. The van der Waals surface area contributed by atoms with Gasteiger partial charge in [0.05, 0.1) is 38.9 Å². The highest BCUT2D eigenvalue weighted by atomic mass is 79.9. The number of rotatable bonds is 5. The predicted octanol–water partition coefficient (Wildman–Crippen LogP) is 3.72. The molecule has 0 spiro atoms. The highest BCUT2D eigenvalue weighted by Crippen LogP contribution is 2.39. The van der Waals surface area contributed by atoms with Crippen LogP contribution in [0, 0.1) is 0 Å². The van der Waals surface area contributed by atoms with Crippen molar-refractivity contribution >= 4 is 15.9 Å². The van der Waals surface area contributed by atoms with E-state index in [0.717, 1.165) is 21.4 Å². The van der Waals surface area contributed by atoms with Gasteiger partial charge in [-0.15, -0.1) is 5.10 Å². The number of methoxy groups -OCH3 is 3.